The van der Waals surface area contributed by atoms with Crippen molar-refractivity contribution in [1.82, 2.24) is 4.98 Å². The molecule has 0 saturated carbocycles. The van der Waals surface area contributed by atoms with E-state index in [1.807, 2.05) is 49.4 Å². The number of hydrogen-bond acceptors (Lipinski definition) is 3. The molecule has 1 aromatic heterocycles. The van der Waals surface area contributed by atoms with E-state index in [1.54, 1.807) is 0 Å². The van der Waals surface area contributed by atoms with Gasteiger partial charge in [0.1, 0.15) is 11.6 Å². The van der Waals surface area contributed by atoms with Gasteiger partial charge in [-0.15, -0.1) is 0 Å². The van der Waals surface area contributed by atoms with Crippen molar-refractivity contribution in [2.24, 2.45) is 0 Å². The second-order valence-corrected chi connectivity index (χ2v) is 4.69. The minimum absolute atomic E-state index is 0.602. The molecule has 0 aliphatic heterocycles. The normalized spacial score (nSPS) is 10.0. The van der Waals surface area contributed by atoms with E-state index >= 15 is 0 Å². The summed E-state index contributed by atoms with van der Waals surface area (Å²) in [6.07, 6.45) is 0. The van der Waals surface area contributed by atoms with Crippen molar-refractivity contribution in [3.63, 3.8) is 0 Å². The molecule has 0 amide bonds. The molecule has 0 saturated heterocycles. The number of nitrogens with one attached hydrogen (secondary N) is 1. The van der Waals surface area contributed by atoms with Crippen LogP contribution in [0.5, 0.6) is 11.6 Å². The van der Waals surface area contributed by atoms with Gasteiger partial charge in [-0.2, -0.15) is 4.98 Å². The minimum atomic E-state index is 0.602. The summed E-state index contributed by atoms with van der Waals surface area (Å²) in [5, 5.41) is 3.15. The van der Waals surface area contributed by atoms with E-state index in [1.165, 1.54) is 3.57 Å². The van der Waals surface area contributed by atoms with Gasteiger partial charge in [0.25, 0.3) is 0 Å². The van der Waals surface area contributed by atoms with Gasteiger partial charge in [0.2, 0.25) is 5.88 Å². The van der Waals surface area contributed by atoms with E-state index in [0.29, 0.717) is 5.88 Å². The number of rotatable bonds is 4. The first-order chi connectivity index (χ1) is 8.28. The summed E-state index contributed by atoms with van der Waals surface area (Å²) in [6, 6.07) is 13.6. The lowest BCUT2D eigenvalue weighted by atomic mass is 10.3. The van der Waals surface area contributed by atoms with Crippen LogP contribution in [0.4, 0.5) is 5.82 Å². The average Bonchev–Trinajstić information content (AvgIpc) is 2.33. The largest absolute Gasteiger partial charge is 0.439 e. The Bertz CT molecular complexity index is 485. The molecule has 0 fully saturated rings. The second-order valence-electron chi connectivity index (χ2n) is 3.45. The van der Waals surface area contributed by atoms with Crippen LogP contribution in [-0.2, 0) is 0 Å². The Balaban J connectivity index is 2.12. The van der Waals surface area contributed by atoms with E-state index in [-0.39, 0.29) is 0 Å². The molecule has 0 spiro atoms. The molecule has 0 aliphatic rings. The highest BCUT2D eigenvalue weighted by molar-refractivity contribution is 14.1. The van der Waals surface area contributed by atoms with Crippen molar-refractivity contribution in [2.75, 3.05) is 11.9 Å². The van der Waals surface area contributed by atoms with E-state index in [2.05, 4.69) is 32.9 Å². The number of anilines is 1. The molecular formula is C13H13IN2O. The number of nitrogens with zero attached hydrogens (tertiary/aromatic N) is 1. The first-order valence-electron chi connectivity index (χ1n) is 5.42. The molecule has 0 atom stereocenters. The molecule has 1 aromatic carbocycles. The molecule has 1 heterocycles. The predicted octanol–water partition coefficient (Wildman–Crippen LogP) is 3.91. The average molecular weight is 340 g/mol. The summed E-state index contributed by atoms with van der Waals surface area (Å²) < 4.78 is 6.85. The van der Waals surface area contributed by atoms with E-state index in [9.17, 15) is 0 Å². The fourth-order valence-corrected chi connectivity index (χ4v) is 1.73. The standard InChI is InChI=1S/C13H13IN2O/c1-2-15-12-4-3-5-13(16-12)17-11-8-6-10(14)7-9-11/h3-9H,2H2,1H3,(H,15,16). The third-order valence-corrected chi connectivity index (χ3v) is 2.84. The van der Waals surface area contributed by atoms with Crippen LogP contribution in [0, 0.1) is 3.57 Å². The van der Waals surface area contributed by atoms with Crippen LogP contribution in [0.3, 0.4) is 0 Å². The van der Waals surface area contributed by atoms with Crippen LogP contribution in [0.2, 0.25) is 0 Å². The molecule has 3 nitrogen and oxygen atoms in total. The van der Waals surface area contributed by atoms with E-state index in [0.717, 1.165) is 18.1 Å². The van der Waals surface area contributed by atoms with Crippen LogP contribution in [0.15, 0.2) is 42.5 Å². The lowest BCUT2D eigenvalue weighted by molar-refractivity contribution is 0.463. The molecule has 0 bridgehead atoms. The fourth-order valence-electron chi connectivity index (χ4n) is 1.37. The molecule has 0 aliphatic carbocycles. The van der Waals surface area contributed by atoms with Gasteiger partial charge in [0.15, 0.2) is 0 Å². The Morgan fingerprint density at radius 1 is 1.18 bits per heavy atom. The van der Waals surface area contributed by atoms with Gasteiger partial charge in [-0.1, -0.05) is 6.07 Å². The number of halogens is 1. The van der Waals surface area contributed by atoms with Crippen LogP contribution in [0.1, 0.15) is 6.92 Å². The monoisotopic (exact) mass is 340 g/mol. The predicted molar refractivity (Wildman–Crippen MR) is 77.6 cm³/mol. The van der Waals surface area contributed by atoms with Crippen molar-refractivity contribution < 1.29 is 4.74 Å². The second kappa shape index (κ2) is 5.86. The van der Waals surface area contributed by atoms with Crippen molar-refractivity contribution in [1.29, 1.82) is 0 Å². The zero-order valence-corrected chi connectivity index (χ0v) is 11.6. The first-order valence-corrected chi connectivity index (χ1v) is 6.50. The number of hydrogen-bond donors (Lipinski definition) is 1. The topological polar surface area (TPSA) is 34.1 Å². The maximum Gasteiger partial charge on any atom is 0.221 e. The number of benzene rings is 1. The summed E-state index contributed by atoms with van der Waals surface area (Å²) in [4.78, 5) is 4.34. The van der Waals surface area contributed by atoms with Gasteiger partial charge in [-0.3, -0.25) is 0 Å². The lowest BCUT2D eigenvalue weighted by Gasteiger charge is -2.07. The van der Waals surface area contributed by atoms with Gasteiger partial charge in [-0.05, 0) is 59.8 Å². The summed E-state index contributed by atoms with van der Waals surface area (Å²) in [6.45, 7) is 2.88. The SMILES string of the molecule is CCNc1cccc(Oc2ccc(I)cc2)n1. The number of aromatic nitrogens is 1. The summed E-state index contributed by atoms with van der Waals surface area (Å²) in [7, 11) is 0. The van der Waals surface area contributed by atoms with Crippen LogP contribution < -0.4 is 10.1 Å². The first kappa shape index (κ1) is 12.2. The van der Waals surface area contributed by atoms with Gasteiger partial charge >= 0.3 is 0 Å². The van der Waals surface area contributed by atoms with Gasteiger partial charge in [-0.25, -0.2) is 0 Å². The summed E-state index contributed by atoms with van der Waals surface area (Å²) in [5.74, 6) is 2.23. The number of pyridine rings is 1. The Morgan fingerprint density at radius 2 is 1.94 bits per heavy atom. The molecule has 88 valence electrons. The Kier molecular flexibility index (Phi) is 4.19. The Morgan fingerprint density at radius 3 is 2.65 bits per heavy atom. The van der Waals surface area contributed by atoms with Crippen LogP contribution in [-0.4, -0.2) is 11.5 Å². The maximum atomic E-state index is 5.67. The lowest BCUT2D eigenvalue weighted by Crippen LogP contribution is -1.99. The highest BCUT2D eigenvalue weighted by atomic mass is 127. The molecule has 17 heavy (non-hydrogen) atoms. The summed E-state index contributed by atoms with van der Waals surface area (Å²) in [5.41, 5.74) is 0. The minimum Gasteiger partial charge on any atom is -0.439 e. The van der Waals surface area contributed by atoms with E-state index < -0.39 is 0 Å². The van der Waals surface area contributed by atoms with Crippen molar-refractivity contribution in [3.05, 3.63) is 46.0 Å². The van der Waals surface area contributed by atoms with Crippen molar-refractivity contribution in [3.8, 4) is 11.6 Å². The van der Waals surface area contributed by atoms with Gasteiger partial charge < -0.3 is 10.1 Å². The molecule has 1 N–H and O–H groups in total. The fraction of sp³-hybridized carbons (Fsp3) is 0.154. The molecule has 4 heteroatoms. The molecule has 2 aromatic rings. The third-order valence-electron chi connectivity index (χ3n) is 2.12. The smallest absolute Gasteiger partial charge is 0.221 e. The number of ether oxygens (including phenoxy) is 1. The molecule has 0 unspecified atom stereocenters. The zero-order chi connectivity index (χ0) is 12.1. The van der Waals surface area contributed by atoms with Gasteiger partial charge in [0.05, 0.1) is 0 Å². The quantitative estimate of drug-likeness (QED) is 0.857. The highest BCUT2D eigenvalue weighted by Crippen LogP contribution is 2.21. The van der Waals surface area contributed by atoms with Crippen LogP contribution in [0.25, 0.3) is 0 Å². The summed E-state index contributed by atoms with van der Waals surface area (Å²) >= 11 is 2.26. The maximum absolute atomic E-state index is 5.67. The van der Waals surface area contributed by atoms with Crippen molar-refractivity contribution >= 4 is 28.4 Å². The van der Waals surface area contributed by atoms with Crippen molar-refractivity contribution in [2.45, 2.75) is 6.92 Å². The zero-order valence-electron chi connectivity index (χ0n) is 9.48. The molecule has 2 rings (SSSR count). The van der Waals surface area contributed by atoms with Crippen LogP contribution >= 0.6 is 22.6 Å². The molecular weight excluding hydrogens is 327 g/mol. The third kappa shape index (κ3) is 3.59. The van der Waals surface area contributed by atoms with E-state index in [4.69, 9.17) is 4.74 Å². The molecule has 0 radical (unpaired) electrons. The van der Waals surface area contributed by atoms with Gasteiger partial charge in [0, 0.05) is 16.2 Å². The highest BCUT2D eigenvalue weighted by Gasteiger charge is 1.99. The Hall–Kier alpha value is -1.30. The Labute approximate surface area is 114 Å².